The summed E-state index contributed by atoms with van der Waals surface area (Å²) in [6, 6.07) is 3.52. The highest BCUT2D eigenvalue weighted by atomic mass is 35.5. The molecule has 0 fully saturated rings. The number of hydrogen-bond donors (Lipinski definition) is 1. The van der Waals surface area contributed by atoms with Crippen LogP contribution < -0.4 is 10.1 Å². The average Bonchev–Trinajstić information content (AvgIpc) is 2.28. The molecule has 17 heavy (non-hydrogen) atoms. The number of carbonyl (C=O) groups excluding carboxylic acids is 1. The van der Waals surface area contributed by atoms with E-state index >= 15 is 0 Å². The van der Waals surface area contributed by atoms with Gasteiger partial charge < -0.3 is 10.1 Å². The van der Waals surface area contributed by atoms with Crippen LogP contribution >= 0.6 is 11.6 Å². The molecular weight excluding hydrogens is 240 g/mol. The molecule has 0 spiro atoms. The number of anilines is 1. The van der Waals surface area contributed by atoms with Crippen molar-refractivity contribution in [2.75, 3.05) is 11.2 Å². The van der Waals surface area contributed by atoms with Crippen LogP contribution in [0.25, 0.3) is 0 Å². The first-order chi connectivity index (χ1) is 8.13. The van der Waals surface area contributed by atoms with Gasteiger partial charge in [-0.05, 0) is 32.4 Å². The molecule has 0 radical (unpaired) electrons. The molecule has 0 unspecified atom stereocenters. The van der Waals surface area contributed by atoms with Crippen molar-refractivity contribution >= 4 is 23.2 Å². The number of nitrogens with one attached hydrogen (secondary N) is 1. The molecule has 94 valence electrons. The third kappa shape index (κ3) is 5.04. The van der Waals surface area contributed by atoms with Gasteiger partial charge in [-0.25, -0.2) is 4.98 Å². The fourth-order valence-corrected chi connectivity index (χ4v) is 1.38. The Bertz CT molecular complexity index is 369. The van der Waals surface area contributed by atoms with E-state index in [0.717, 1.165) is 0 Å². The SMILES string of the molecule is CC(C)Oc1ncccc1NC(=O)CCCCl. The molecule has 0 aromatic carbocycles. The van der Waals surface area contributed by atoms with Crippen LogP contribution in [0.3, 0.4) is 0 Å². The summed E-state index contributed by atoms with van der Waals surface area (Å²) in [4.78, 5) is 15.6. The first-order valence-corrected chi connectivity index (χ1v) is 6.14. The first kappa shape index (κ1) is 13.8. The molecule has 1 rings (SSSR count). The molecule has 5 heteroatoms. The number of nitrogens with zero attached hydrogens (tertiary/aromatic N) is 1. The van der Waals surface area contributed by atoms with E-state index in [1.165, 1.54) is 0 Å². The van der Waals surface area contributed by atoms with Crippen molar-refractivity contribution in [2.24, 2.45) is 0 Å². The van der Waals surface area contributed by atoms with E-state index in [2.05, 4.69) is 10.3 Å². The van der Waals surface area contributed by atoms with Crippen molar-refractivity contribution < 1.29 is 9.53 Å². The highest BCUT2D eigenvalue weighted by molar-refractivity contribution is 6.18. The Morgan fingerprint density at radius 2 is 2.35 bits per heavy atom. The average molecular weight is 257 g/mol. The second kappa shape index (κ2) is 7.12. The summed E-state index contributed by atoms with van der Waals surface area (Å²) in [5.74, 6) is 0.851. The molecule has 0 saturated carbocycles. The van der Waals surface area contributed by atoms with E-state index in [9.17, 15) is 4.79 Å². The third-order valence-electron chi connectivity index (χ3n) is 1.93. The van der Waals surface area contributed by atoms with Crippen LogP contribution in [0.2, 0.25) is 0 Å². The van der Waals surface area contributed by atoms with Gasteiger partial charge in [0.1, 0.15) is 5.69 Å². The molecule has 0 atom stereocenters. The molecule has 1 aromatic heterocycles. The predicted molar refractivity (Wildman–Crippen MR) is 68.6 cm³/mol. The molecule has 0 saturated heterocycles. The van der Waals surface area contributed by atoms with E-state index in [-0.39, 0.29) is 12.0 Å². The minimum absolute atomic E-state index is 0.0170. The van der Waals surface area contributed by atoms with Crippen LogP contribution in [-0.2, 0) is 4.79 Å². The highest BCUT2D eigenvalue weighted by Gasteiger charge is 2.09. The lowest BCUT2D eigenvalue weighted by Gasteiger charge is -2.13. The van der Waals surface area contributed by atoms with E-state index in [4.69, 9.17) is 16.3 Å². The van der Waals surface area contributed by atoms with Crippen LogP contribution in [0.1, 0.15) is 26.7 Å². The lowest BCUT2D eigenvalue weighted by atomic mass is 10.3. The largest absolute Gasteiger partial charge is 0.473 e. The smallest absolute Gasteiger partial charge is 0.238 e. The van der Waals surface area contributed by atoms with E-state index in [1.807, 2.05) is 13.8 Å². The topological polar surface area (TPSA) is 51.2 Å². The van der Waals surface area contributed by atoms with Gasteiger partial charge in [0.05, 0.1) is 6.10 Å². The van der Waals surface area contributed by atoms with Gasteiger partial charge in [0.25, 0.3) is 0 Å². The van der Waals surface area contributed by atoms with Gasteiger partial charge in [0.2, 0.25) is 11.8 Å². The van der Waals surface area contributed by atoms with Gasteiger partial charge in [0, 0.05) is 18.5 Å². The van der Waals surface area contributed by atoms with Crippen LogP contribution in [0.4, 0.5) is 5.69 Å². The normalized spacial score (nSPS) is 10.4. The number of halogens is 1. The molecular formula is C12H17ClN2O2. The van der Waals surface area contributed by atoms with E-state index in [0.29, 0.717) is 30.3 Å². The maximum absolute atomic E-state index is 11.6. The number of ether oxygens (including phenoxy) is 1. The molecule has 1 N–H and O–H groups in total. The number of aromatic nitrogens is 1. The van der Waals surface area contributed by atoms with Crippen LogP contribution in [0.15, 0.2) is 18.3 Å². The van der Waals surface area contributed by atoms with Crippen molar-refractivity contribution in [2.45, 2.75) is 32.8 Å². The van der Waals surface area contributed by atoms with Gasteiger partial charge in [-0.3, -0.25) is 4.79 Å². The fraction of sp³-hybridized carbons (Fsp3) is 0.500. The Kier molecular flexibility index (Phi) is 5.77. The fourth-order valence-electron chi connectivity index (χ4n) is 1.24. The monoisotopic (exact) mass is 256 g/mol. The quantitative estimate of drug-likeness (QED) is 0.797. The summed E-state index contributed by atoms with van der Waals surface area (Å²) in [7, 11) is 0. The van der Waals surface area contributed by atoms with Gasteiger partial charge >= 0.3 is 0 Å². The number of rotatable bonds is 6. The lowest BCUT2D eigenvalue weighted by Crippen LogP contribution is -2.14. The van der Waals surface area contributed by atoms with Crippen molar-refractivity contribution in [3.63, 3.8) is 0 Å². The van der Waals surface area contributed by atoms with Crippen LogP contribution in [0.5, 0.6) is 5.88 Å². The molecule has 0 aliphatic rings. The molecule has 0 bridgehead atoms. The van der Waals surface area contributed by atoms with Crippen molar-refractivity contribution in [3.05, 3.63) is 18.3 Å². The Labute approximate surface area is 106 Å². The van der Waals surface area contributed by atoms with E-state index in [1.54, 1.807) is 18.3 Å². The Hall–Kier alpha value is -1.29. The summed E-state index contributed by atoms with van der Waals surface area (Å²) in [6.07, 6.45) is 2.71. The molecule has 0 aliphatic carbocycles. The highest BCUT2D eigenvalue weighted by Crippen LogP contribution is 2.21. The summed E-state index contributed by atoms with van der Waals surface area (Å²) in [5, 5.41) is 2.77. The van der Waals surface area contributed by atoms with Gasteiger partial charge in [-0.1, -0.05) is 0 Å². The zero-order valence-corrected chi connectivity index (χ0v) is 10.8. The second-order valence-corrected chi connectivity index (χ2v) is 4.24. The summed E-state index contributed by atoms with van der Waals surface area (Å²) < 4.78 is 5.50. The zero-order valence-electron chi connectivity index (χ0n) is 10.1. The predicted octanol–water partition coefficient (Wildman–Crippen LogP) is 2.83. The first-order valence-electron chi connectivity index (χ1n) is 5.61. The molecule has 1 heterocycles. The Morgan fingerprint density at radius 3 is 3.00 bits per heavy atom. The van der Waals surface area contributed by atoms with Crippen molar-refractivity contribution in [1.82, 2.24) is 4.98 Å². The molecule has 1 aromatic rings. The van der Waals surface area contributed by atoms with E-state index < -0.39 is 0 Å². The summed E-state index contributed by atoms with van der Waals surface area (Å²) in [5.41, 5.74) is 0.598. The summed E-state index contributed by atoms with van der Waals surface area (Å²) >= 11 is 5.53. The van der Waals surface area contributed by atoms with Gasteiger partial charge in [-0.15, -0.1) is 11.6 Å². The Morgan fingerprint density at radius 1 is 1.59 bits per heavy atom. The molecule has 1 amide bonds. The molecule has 4 nitrogen and oxygen atoms in total. The minimum Gasteiger partial charge on any atom is -0.473 e. The van der Waals surface area contributed by atoms with Gasteiger partial charge in [0.15, 0.2) is 0 Å². The zero-order chi connectivity index (χ0) is 12.7. The van der Waals surface area contributed by atoms with Crippen molar-refractivity contribution in [3.8, 4) is 5.88 Å². The maximum Gasteiger partial charge on any atom is 0.238 e. The number of carbonyl (C=O) groups is 1. The maximum atomic E-state index is 11.6. The number of amides is 1. The van der Waals surface area contributed by atoms with Crippen molar-refractivity contribution in [1.29, 1.82) is 0 Å². The lowest BCUT2D eigenvalue weighted by molar-refractivity contribution is -0.116. The minimum atomic E-state index is -0.0766. The van der Waals surface area contributed by atoms with Crippen LogP contribution in [0, 0.1) is 0 Å². The van der Waals surface area contributed by atoms with Crippen LogP contribution in [-0.4, -0.2) is 22.9 Å². The third-order valence-corrected chi connectivity index (χ3v) is 2.20. The number of pyridine rings is 1. The second-order valence-electron chi connectivity index (χ2n) is 3.86. The standard InChI is InChI=1S/C12H17ClN2O2/c1-9(2)17-12-10(5-4-8-14-12)15-11(16)6-3-7-13/h4-5,8-9H,3,6-7H2,1-2H3,(H,15,16). The number of hydrogen-bond acceptors (Lipinski definition) is 3. The number of alkyl halides is 1. The summed E-state index contributed by atoms with van der Waals surface area (Å²) in [6.45, 7) is 3.82. The molecule has 0 aliphatic heterocycles. The Balaban J connectivity index is 2.66. The van der Waals surface area contributed by atoms with Gasteiger partial charge in [-0.2, -0.15) is 0 Å².